The molecule has 2 rings (SSSR count). The number of rotatable bonds is 8. The Morgan fingerprint density at radius 3 is 2.28 bits per heavy atom. The van der Waals surface area contributed by atoms with Crippen LogP contribution in [-0.2, 0) is 19.6 Å². The van der Waals surface area contributed by atoms with Crippen molar-refractivity contribution < 1.29 is 23.2 Å². The van der Waals surface area contributed by atoms with E-state index in [4.69, 9.17) is 5.21 Å². The van der Waals surface area contributed by atoms with Crippen molar-refractivity contribution in [2.45, 2.75) is 45.1 Å². The summed E-state index contributed by atoms with van der Waals surface area (Å²) in [6.45, 7) is 6.92. The van der Waals surface area contributed by atoms with E-state index in [1.165, 1.54) is 31.5 Å². The third-order valence-electron chi connectivity index (χ3n) is 4.59. The maximum absolute atomic E-state index is 13.3. The van der Waals surface area contributed by atoms with Crippen molar-refractivity contribution in [2.24, 2.45) is 5.92 Å². The number of nitrogens with one attached hydrogen (secondary N) is 2. The second kappa shape index (κ2) is 9.34. The Hall–Kier alpha value is -2.49. The highest BCUT2D eigenvalue weighted by Gasteiger charge is 2.33. The van der Waals surface area contributed by atoms with Crippen molar-refractivity contribution in [1.82, 2.24) is 9.79 Å². The predicted molar refractivity (Wildman–Crippen MR) is 111 cm³/mol. The number of hydroxylamine groups is 1. The van der Waals surface area contributed by atoms with Crippen LogP contribution in [0.3, 0.4) is 0 Å². The molecule has 0 saturated carbocycles. The Morgan fingerprint density at radius 1 is 1.07 bits per heavy atom. The van der Waals surface area contributed by atoms with E-state index in [1.807, 2.05) is 13.8 Å². The van der Waals surface area contributed by atoms with Crippen LogP contribution in [0.15, 0.2) is 41.3 Å². The topological polar surface area (TPSA) is 116 Å². The summed E-state index contributed by atoms with van der Waals surface area (Å²) in [5.74, 6) is -0.751. The Bertz CT molecular complexity index is 1000. The lowest BCUT2D eigenvalue weighted by molar-refractivity contribution is -0.132. The molecular formula is C20H27N3O5S. The summed E-state index contributed by atoms with van der Waals surface area (Å²) in [6.07, 6.45) is 0.565. The number of benzene rings is 2. The van der Waals surface area contributed by atoms with Crippen molar-refractivity contribution in [3.05, 3.63) is 36.4 Å². The first kappa shape index (κ1) is 22.8. The lowest BCUT2D eigenvalue weighted by atomic mass is 10.1. The summed E-state index contributed by atoms with van der Waals surface area (Å²) in [5, 5.41) is 13.1. The molecule has 2 aromatic carbocycles. The molecule has 0 radical (unpaired) electrons. The number of anilines is 1. The minimum atomic E-state index is -3.98. The first-order valence-corrected chi connectivity index (χ1v) is 10.8. The Kier molecular flexibility index (Phi) is 7.34. The number of carbonyl (C=O) groups is 2. The minimum Gasteiger partial charge on any atom is -0.326 e. The van der Waals surface area contributed by atoms with E-state index in [9.17, 15) is 18.0 Å². The van der Waals surface area contributed by atoms with E-state index < -0.39 is 22.0 Å². The average Bonchev–Trinajstić information content (AvgIpc) is 2.65. The Morgan fingerprint density at radius 2 is 1.69 bits per heavy atom. The monoisotopic (exact) mass is 421 g/mol. The maximum Gasteiger partial charge on any atom is 0.261 e. The van der Waals surface area contributed by atoms with Gasteiger partial charge in [0.25, 0.3) is 5.91 Å². The predicted octanol–water partition coefficient (Wildman–Crippen LogP) is 2.73. The van der Waals surface area contributed by atoms with Gasteiger partial charge in [0, 0.05) is 19.2 Å². The van der Waals surface area contributed by atoms with Gasteiger partial charge in [0.05, 0.1) is 4.90 Å². The molecular weight excluding hydrogens is 394 g/mol. The van der Waals surface area contributed by atoms with Gasteiger partial charge >= 0.3 is 0 Å². The quantitative estimate of drug-likeness (QED) is 0.448. The van der Waals surface area contributed by atoms with Crippen LogP contribution in [-0.4, -0.2) is 42.3 Å². The van der Waals surface area contributed by atoms with Gasteiger partial charge in [0.2, 0.25) is 15.9 Å². The third kappa shape index (κ3) is 5.53. The second-order valence-corrected chi connectivity index (χ2v) is 9.25. The van der Waals surface area contributed by atoms with Crippen molar-refractivity contribution >= 4 is 38.3 Å². The van der Waals surface area contributed by atoms with E-state index in [2.05, 4.69) is 5.32 Å². The number of amides is 2. The van der Waals surface area contributed by atoms with Crippen LogP contribution >= 0.6 is 0 Å². The van der Waals surface area contributed by atoms with Crippen LogP contribution in [0.1, 0.15) is 34.1 Å². The molecule has 0 aliphatic carbocycles. The summed E-state index contributed by atoms with van der Waals surface area (Å²) in [4.78, 5) is 23.2. The first-order chi connectivity index (χ1) is 13.6. The lowest BCUT2D eigenvalue weighted by Crippen LogP contribution is -2.47. The fourth-order valence-electron chi connectivity index (χ4n) is 2.93. The molecule has 29 heavy (non-hydrogen) atoms. The largest absolute Gasteiger partial charge is 0.326 e. The molecule has 0 aromatic heterocycles. The van der Waals surface area contributed by atoms with E-state index in [-0.39, 0.29) is 23.3 Å². The van der Waals surface area contributed by atoms with Crippen molar-refractivity contribution in [3.63, 3.8) is 0 Å². The van der Waals surface area contributed by atoms with Gasteiger partial charge in [-0.05, 0) is 54.3 Å². The molecule has 0 saturated heterocycles. The van der Waals surface area contributed by atoms with E-state index >= 15 is 0 Å². The van der Waals surface area contributed by atoms with Gasteiger partial charge in [-0.3, -0.25) is 14.8 Å². The maximum atomic E-state index is 13.3. The zero-order valence-corrected chi connectivity index (χ0v) is 17.8. The molecule has 2 aromatic rings. The Labute approximate surface area is 170 Å². The molecule has 0 heterocycles. The van der Waals surface area contributed by atoms with Crippen LogP contribution < -0.4 is 10.8 Å². The van der Waals surface area contributed by atoms with Gasteiger partial charge < -0.3 is 5.32 Å². The molecule has 8 nitrogen and oxygen atoms in total. The number of sulfonamides is 1. The van der Waals surface area contributed by atoms with Crippen molar-refractivity contribution in [2.75, 3.05) is 11.9 Å². The number of hydrogen-bond donors (Lipinski definition) is 3. The highest BCUT2D eigenvalue weighted by molar-refractivity contribution is 7.89. The summed E-state index contributed by atoms with van der Waals surface area (Å²) >= 11 is 0. The van der Waals surface area contributed by atoms with E-state index in [0.717, 1.165) is 9.69 Å². The normalized spacial score (nSPS) is 12.9. The van der Waals surface area contributed by atoms with Gasteiger partial charge in [-0.15, -0.1) is 0 Å². The number of hydrogen-bond acceptors (Lipinski definition) is 5. The van der Waals surface area contributed by atoms with Crippen LogP contribution in [0.4, 0.5) is 5.69 Å². The highest BCUT2D eigenvalue weighted by atomic mass is 32.2. The van der Waals surface area contributed by atoms with E-state index in [0.29, 0.717) is 17.5 Å². The zero-order chi connectivity index (χ0) is 21.8. The van der Waals surface area contributed by atoms with Gasteiger partial charge in [-0.2, -0.15) is 4.31 Å². The number of nitrogens with zero attached hydrogens (tertiary/aromatic N) is 1. The van der Waals surface area contributed by atoms with Crippen LogP contribution in [0.25, 0.3) is 10.8 Å². The molecule has 3 N–H and O–H groups in total. The molecule has 0 spiro atoms. The van der Waals surface area contributed by atoms with Gasteiger partial charge in [-0.25, -0.2) is 13.9 Å². The molecule has 9 heteroatoms. The smallest absolute Gasteiger partial charge is 0.261 e. The summed E-state index contributed by atoms with van der Waals surface area (Å²) in [7, 11) is -3.98. The molecule has 0 bridgehead atoms. The van der Waals surface area contributed by atoms with Crippen molar-refractivity contribution in [1.29, 1.82) is 0 Å². The Balaban J connectivity index is 2.44. The van der Waals surface area contributed by atoms with Crippen LogP contribution in [0, 0.1) is 5.92 Å². The fraction of sp³-hybridized carbons (Fsp3) is 0.400. The fourth-order valence-corrected chi connectivity index (χ4v) is 4.58. The first-order valence-electron chi connectivity index (χ1n) is 9.33. The SMILES string of the molecule is CC(=O)Nc1ccc2cc(S(=O)(=O)N(CCC(C)C)[C@H](C)C(=O)NO)ccc2c1. The standard InChI is InChI=1S/C20H27N3O5S/c1-13(2)9-10-23(14(3)20(25)22-26)29(27,28)19-8-6-16-11-18(21-15(4)24)7-5-17(16)12-19/h5-8,11-14,26H,9-10H2,1-4H3,(H,21,24)(H,22,25)/t14-/m1/s1. The molecule has 158 valence electrons. The zero-order valence-electron chi connectivity index (χ0n) is 17.0. The van der Waals surface area contributed by atoms with Crippen LogP contribution in [0.5, 0.6) is 0 Å². The molecule has 2 amide bonds. The molecule has 0 fully saturated rings. The molecule has 0 unspecified atom stereocenters. The van der Waals surface area contributed by atoms with E-state index in [1.54, 1.807) is 24.3 Å². The van der Waals surface area contributed by atoms with Crippen molar-refractivity contribution in [3.8, 4) is 0 Å². The minimum absolute atomic E-state index is 0.0543. The van der Waals surface area contributed by atoms with Gasteiger partial charge in [-0.1, -0.05) is 26.0 Å². The third-order valence-corrected chi connectivity index (χ3v) is 6.55. The second-order valence-electron chi connectivity index (χ2n) is 7.36. The van der Waals surface area contributed by atoms with Gasteiger partial charge in [0.15, 0.2) is 0 Å². The molecule has 1 atom stereocenters. The number of fused-ring (bicyclic) bond motifs is 1. The highest BCUT2D eigenvalue weighted by Crippen LogP contribution is 2.26. The average molecular weight is 422 g/mol. The molecule has 0 aliphatic heterocycles. The summed E-state index contributed by atoms with van der Waals surface area (Å²) in [6, 6.07) is 8.77. The summed E-state index contributed by atoms with van der Waals surface area (Å²) < 4.78 is 27.6. The van der Waals surface area contributed by atoms with Gasteiger partial charge in [0.1, 0.15) is 6.04 Å². The van der Waals surface area contributed by atoms with Crippen LogP contribution in [0.2, 0.25) is 0 Å². The summed E-state index contributed by atoms with van der Waals surface area (Å²) in [5.41, 5.74) is 2.15. The molecule has 0 aliphatic rings. The number of carbonyl (C=O) groups excluding carboxylic acids is 2. The lowest BCUT2D eigenvalue weighted by Gasteiger charge is -2.27.